The maximum absolute atomic E-state index is 6.05. The van der Waals surface area contributed by atoms with Gasteiger partial charge in [0.1, 0.15) is 5.82 Å². The van der Waals surface area contributed by atoms with E-state index in [1.165, 1.54) is 12.8 Å². The van der Waals surface area contributed by atoms with E-state index in [0.717, 1.165) is 35.5 Å². The van der Waals surface area contributed by atoms with Crippen molar-refractivity contribution in [2.24, 2.45) is 0 Å². The van der Waals surface area contributed by atoms with Gasteiger partial charge in [-0.2, -0.15) is 4.98 Å². The summed E-state index contributed by atoms with van der Waals surface area (Å²) < 4.78 is 11.5. The monoisotopic (exact) mass is 314 g/mol. The Hall–Kier alpha value is -2.50. The average Bonchev–Trinajstić information content (AvgIpc) is 3.04. The van der Waals surface area contributed by atoms with Gasteiger partial charge in [-0.15, -0.1) is 0 Å². The molecule has 0 bridgehead atoms. The van der Waals surface area contributed by atoms with E-state index < -0.39 is 0 Å². The van der Waals surface area contributed by atoms with Crippen LogP contribution in [0.5, 0.6) is 11.5 Å². The van der Waals surface area contributed by atoms with E-state index in [2.05, 4.69) is 9.97 Å². The van der Waals surface area contributed by atoms with Gasteiger partial charge in [-0.05, 0) is 43.4 Å². The molecule has 0 radical (unpaired) electrons. The number of methoxy groups -OCH3 is 1. The summed E-state index contributed by atoms with van der Waals surface area (Å²) in [5.41, 5.74) is 13.3. The first kappa shape index (κ1) is 15.4. The summed E-state index contributed by atoms with van der Waals surface area (Å²) in [6, 6.07) is 5.95. The van der Waals surface area contributed by atoms with Gasteiger partial charge in [-0.3, -0.25) is 0 Å². The van der Waals surface area contributed by atoms with Crippen LogP contribution in [-0.2, 0) is 6.42 Å². The molecule has 23 heavy (non-hydrogen) atoms. The lowest BCUT2D eigenvalue weighted by Gasteiger charge is -2.16. The SMILES string of the molecule is COc1cc(Cc2cnc(N)nc2N)ccc1OC1CCCC1. The Bertz CT molecular complexity index is 684. The highest BCUT2D eigenvalue weighted by molar-refractivity contribution is 5.48. The Balaban J connectivity index is 1.77. The summed E-state index contributed by atoms with van der Waals surface area (Å²) in [4.78, 5) is 7.98. The van der Waals surface area contributed by atoms with Crippen molar-refractivity contribution in [2.45, 2.75) is 38.2 Å². The molecule has 1 aromatic heterocycles. The minimum atomic E-state index is 0.184. The third-order valence-electron chi connectivity index (χ3n) is 4.14. The molecule has 0 atom stereocenters. The molecule has 0 unspecified atom stereocenters. The minimum absolute atomic E-state index is 0.184. The maximum atomic E-state index is 6.05. The van der Waals surface area contributed by atoms with Crippen LogP contribution in [0.3, 0.4) is 0 Å². The van der Waals surface area contributed by atoms with Crippen molar-refractivity contribution >= 4 is 11.8 Å². The predicted molar refractivity (Wildman–Crippen MR) is 89.5 cm³/mol. The molecule has 1 aliphatic carbocycles. The lowest BCUT2D eigenvalue weighted by Crippen LogP contribution is -2.11. The summed E-state index contributed by atoms with van der Waals surface area (Å²) in [6.45, 7) is 0. The number of nitrogen functional groups attached to an aromatic ring is 2. The molecular formula is C17H22N4O2. The van der Waals surface area contributed by atoms with Crippen LogP contribution in [0.1, 0.15) is 36.8 Å². The quantitative estimate of drug-likeness (QED) is 0.880. The molecule has 0 aliphatic heterocycles. The molecule has 1 fully saturated rings. The van der Waals surface area contributed by atoms with Crippen LogP contribution in [0.2, 0.25) is 0 Å². The molecular weight excluding hydrogens is 292 g/mol. The third-order valence-corrected chi connectivity index (χ3v) is 4.14. The van der Waals surface area contributed by atoms with Gasteiger partial charge in [0.2, 0.25) is 5.95 Å². The summed E-state index contributed by atoms with van der Waals surface area (Å²) in [6.07, 6.45) is 7.28. The van der Waals surface area contributed by atoms with Crippen molar-refractivity contribution in [2.75, 3.05) is 18.6 Å². The molecule has 0 saturated heterocycles. The van der Waals surface area contributed by atoms with Gasteiger partial charge < -0.3 is 20.9 Å². The Morgan fingerprint density at radius 2 is 1.96 bits per heavy atom. The highest BCUT2D eigenvalue weighted by atomic mass is 16.5. The summed E-state index contributed by atoms with van der Waals surface area (Å²) in [5, 5.41) is 0. The van der Waals surface area contributed by atoms with Crippen LogP contribution >= 0.6 is 0 Å². The van der Waals surface area contributed by atoms with Crippen LogP contribution in [0.25, 0.3) is 0 Å². The van der Waals surface area contributed by atoms with E-state index in [1.807, 2.05) is 18.2 Å². The fourth-order valence-electron chi connectivity index (χ4n) is 2.90. The zero-order valence-corrected chi connectivity index (χ0v) is 13.3. The molecule has 3 rings (SSSR count). The van der Waals surface area contributed by atoms with Gasteiger partial charge in [-0.1, -0.05) is 6.07 Å². The molecule has 0 amide bonds. The highest BCUT2D eigenvalue weighted by Gasteiger charge is 2.18. The number of nitrogens with zero attached hydrogens (tertiary/aromatic N) is 2. The highest BCUT2D eigenvalue weighted by Crippen LogP contribution is 2.33. The average molecular weight is 314 g/mol. The van der Waals surface area contributed by atoms with E-state index in [9.17, 15) is 0 Å². The maximum Gasteiger partial charge on any atom is 0.221 e. The first-order valence-electron chi connectivity index (χ1n) is 7.86. The zero-order chi connectivity index (χ0) is 16.2. The number of anilines is 2. The van der Waals surface area contributed by atoms with E-state index in [0.29, 0.717) is 18.3 Å². The molecule has 1 aromatic carbocycles. The molecule has 4 N–H and O–H groups in total. The minimum Gasteiger partial charge on any atom is -0.493 e. The van der Waals surface area contributed by atoms with Crippen molar-refractivity contribution in [3.8, 4) is 11.5 Å². The van der Waals surface area contributed by atoms with Crippen molar-refractivity contribution in [1.82, 2.24) is 9.97 Å². The Morgan fingerprint density at radius 1 is 1.17 bits per heavy atom. The molecule has 1 heterocycles. The van der Waals surface area contributed by atoms with E-state index in [1.54, 1.807) is 13.3 Å². The number of benzene rings is 1. The smallest absolute Gasteiger partial charge is 0.221 e. The second-order valence-electron chi connectivity index (χ2n) is 5.82. The van der Waals surface area contributed by atoms with Crippen LogP contribution < -0.4 is 20.9 Å². The largest absolute Gasteiger partial charge is 0.493 e. The Labute approximate surface area is 135 Å². The van der Waals surface area contributed by atoms with Crippen LogP contribution in [0, 0.1) is 0 Å². The number of aromatic nitrogens is 2. The van der Waals surface area contributed by atoms with E-state index in [-0.39, 0.29) is 5.95 Å². The van der Waals surface area contributed by atoms with Crippen LogP contribution in [-0.4, -0.2) is 23.2 Å². The molecule has 0 spiro atoms. The molecule has 2 aromatic rings. The predicted octanol–water partition coefficient (Wildman–Crippen LogP) is 2.56. The van der Waals surface area contributed by atoms with Gasteiger partial charge in [0, 0.05) is 18.2 Å². The second-order valence-corrected chi connectivity index (χ2v) is 5.82. The molecule has 6 nitrogen and oxygen atoms in total. The van der Waals surface area contributed by atoms with Gasteiger partial charge in [0.25, 0.3) is 0 Å². The van der Waals surface area contributed by atoms with Gasteiger partial charge in [0.15, 0.2) is 11.5 Å². The van der Waals surface area contributed by atoms with Gasteiger partial charge >= 0.3 is 0 Å². The molecule has 1 saturated carbocycles. The van der Waals surface area contributed by atoms with Gasteiger partial charge in [-0.25, -0.2) is 4.98 Å². The Morgan fingerprint density at radius 3 is 2.65 bits per heavy atom. The second kappa shape index (κ2) is 6.73. The zero-order valence-electron chi connectivity index (χ0n) is 13.3. The standard InChI is InChI=1S/C17H22N4O2/c1-22-15-9-11(8-12-10-20-17(19)21-16(12)18)6-7-14(15)23-13-4-2-3-5-13/h6-7,9-10,13H,2-5,8H2,1H3,(H4,18,19,20,21). The van der Waals surface area contributed by atoms with Gasteiger partial charge in [0.05, 0.1) is 13.2 Å². The van der Waals surface area contributed by atoms with Crippen LogP contribution in [0.15, 0.2) is 24.4 Å². The molecule has 6 heteroatoms. The van der Waals surface area contributed by atoms with Crippen molar-refractivity contribution in [1.29, 1.82) is 0 Å². The van der Waals surface area contributed by atoms with Crippen LogP contribution in [0.4, 0.5) is 11.8 Å². The number of nitrogens with two attached hydrogens (primary N) is 2. The topological polar surface area (TPSA) is 96.3 Å². The number of hydrogen-bond donors (Lipinski definition) is 2. The van der Waals surface area contributed by atoms with E-state index >= 15 is 0 Å². The summed E-state index contributed by atoms with van der Waals surface area (Å²) in [5.74, 6) is 2.13. The first-order valence-corrected chi connectivity index (χ1v) is 7.86. The number of ether oxygens (including phenoxy) is 2. The first-order chi connectivity index (χ1) is 11.2. The summed E-state index contributed by atoms with van der Waals surface area (Å²) >= 11 is 0. The lowest BCUT2D eigenvalue weighted by atomic mass is 10.1. The third kappa shape index (κ3) is 3.64. The lowest BCUT2D eigenvalue weighted by molar-refractivity contribution is 0.200. The number of rotatable bonds is 5. The summed E-state index contributed by atoms with van der Waals surface area (Å²) in [7, 11) is 1.65. The van der Waals surface area contributed by atoms with Crippen molar-refractivity contribution in [3.63, 3.8) is 0 Å². The van der Waals surface area contributed by atoms with Crippen molar-refractivity contribution < 1.29 is 9.47 Å². The fourth-order valence-corrected chi connectivity index (χ4v) is 2.90. The van der Waals surface area contributed by atoms with E-state index in [4.69, 9.17) is 20.9 Å². The Kier molecular flexibility index (Phi) is 4.50. The normalized spacial score (nSPS) is 14.8. The fraction of sp³-hybridized carbons (Fsp3) is 0.412. The molecule has 1 aliphatic rings. The van der Waals surface area contributed by atoms with Crippen molar-refractivity contribution in [3.05, 3.63) is 35.5 Å². The molecule has 122 valence electrons. The number of hydrogen-bond acceptors (Lipinski definition) is 6.